The lowest BCUT2D eigenvalue weighted by molar-refractivity contribution is -0.116. The average Bonchev–Trinajstić information content (AvgIpc) is 2.80. The van der Waals surface area contributed by atoms with Crippen molar-refractivity contribution in [3.05, 3.63) is 64.1 Å². The molecule has 2 atom stereocenters. The summed E-state index contributed by atoms with van der Waals surface area (Å²) in [5, 5.41) is 5.58. The molecule has 1 aromatic carbocycles. The average molecular weight is 453 g/mol. The molecule has 2 bridgehead atoms. The van der Waals surface area contributed by atoms with Crippen LogP contribution in [0.1, 0.15) is 41.7 Å². The Balaban J connectivity index is 1.24. The summed E-state index contributed by atoms with van der Waals surface area (Å²) in [6, 6.07) is 11.6. The van der Waals surface area contributed by atoms with Crippen LogP contribution >= 0.6 is 0 Å². The maximum atomic E-state index is 12.7. The molecule has 0 saturated carbocycles. The van der Waals surface area contributed by atoms with Crippen LogP contribution in [0, 0.1) is 5.92 Å². The van der Waals surface area contributed by atoms with E-state index in [1.807, 2.05) is 10.6 Å². The first-order chi connectivity index (χ1) is 15.9. The Morgan fingerprint density at radius 3 is 2.61 bits per heavy atom. The number of benzene rings is 1. The summed E-state index contributed by atoms with van der Waals surface area (Å²) < 4.78 is 6.77. The molecule has 3 heterocycles. The zero-order valence-corrected chi connectivity index (χ0v) is 18.6. The van der Waals surface area contributed by atoms with Gasteiger partial charge in [-0.1, -0.05) is 6.07 Å². The van der Waals surface area contributed by atoms with Crippen LogP contribution in [0.5, 0.6) is 0 Å². The van der Waals surface area contributed by atoms with Crippen molar-refractivity contribution in [3.8, 4) is 0 Å². The number of esters is 1. The van der Waals surface area contributed by atoms with E-state index in [0.717, 1.165) is 12.1 Å². The van der Waals surface area contributed by atoms with Gasteiger partial charge in [0.1, 0.15) is 0 Å². The zero-order chi connectivity index (χ0) is 23.4. The summed E-state index contributed by atoms with van der Waals surface area (Å²) in [6.45, 7) is 4.05. The van der Waals surface area contributed by atoms with Crippen molar-refractivity contribution in [1.82, 2.24) is 14.8 Å². The topological polar surface area (TPSA) is 110 Å². The predicted molar refractivity (Wildman–Crippen MR) is 122 cm³/mol. The number of nitrogens with zero attached hydrogens (tertiary/aromatic N) is 2. The van der Waals surface area contributed by atoms with E-state index in [0.29, 0.717) is 37.5 Å². The van der Waals surface area contributed by atoms with Gasteiger partial charge in [-0.25, -0.2) is 9.59 Å². The number of anilines is 1. The second-order valence-corrected chi connectivity index (χ2v) is 8.43. The van der Waals surface area contributed by atoms with E-state index in [2.05, 4.69) is 10.6 Å². The number of fused-ring (bicyclic) bond motifs is 4. The van der Waals surface area contributed by atoms with E-state index in [1.54, 1.807) is 48.2 Å². The molecule has 33 heavy (non-hydrogen) atoms. The second-order valence-electron chi connectivity index (χ2n) is 8.43. The summed E-state index contributed by atoms with van der Waals surface area (Å²) in [5.74, 6) is -0.237. The molecule has 1 saturated heterocycles. The molecule has 2 aromatic rings. The van der Waals surface area contributed by atoms with Gasteiger partial charge in [0.05, 0.1) is 12.2 Å². The van der Waals surface area contributed by atoms with Gasteiger partial charge in [0, 0.05) is 56.0 Å². The molecule has 3 amide bonds. The van der Waals surface area contributed by atoms with Gasteiger partial charge in [-0.15, -0.1) is 0 Å². The largest absolute Gasteiger partial charge is 0.462 e. The number of hydrogen-bond acceptors (Lipinski definition) is 5. The summed E-state index contributed by atoms with van der Waals surface area (Å²) in [7, 11) is 0. The monoisotopic (exact) mass is 452 g/mol. The van der Waals surface area contributed by atoms with Gasteiger partial charge in [0.2, 0.25) is 5.91 Å². The molecule has 4 rings (SSSR count). The van der Waals surface area contributed by atoms with Crippen molar-refractivity contribution in [1.29, 1.82) is 0 Å². The van der Waals surface area contributed by atoms with Crippen LogP contribution in [0.25, 0.3) is 0 Å². The van der Waals surface area contributed by atoms with E-state index < -0.39 is 5.97 Å². The first-order valence-corrected chi connectivity index (χ1v) is 11.2. The van der Waals surface area contributed by atoms with Gasteiger partial charge < -0.3 is 24.8 Å². The number of rotatable bonds is 6. The molecule has 9 heteroatoms. The Morgan fingerprint density at radius 1 is 1.06 bits per heavy atom. The maximum Gasteiger partial charge on any atom is 0.338 e. The number of nitrogens with one attached hydrogen (secondary N) is 2. The van der Waals surface area contributed by atoms with Gasteiger partial charge >= 0.3 is 12.0 Å². The lowest BCUT2D eigenvalue weighted by atomic mass is 9.83. The van der Waals surface area contributed by atoms with Crippen LogP contribution in [0.3, 0.4) is 0 Å². The van der Waals surface area contributed by atoms with Gasteiger partial charge in [-0.3, -0.25) is 9.59 Å². The number of carbonyl (C=O) groups is 3. The Hall–Kier alpha value is -3.62. The van der Waals surface area contributed by atoms with Gasteiger partial charge in [0.15, 0.2) is 0 Å². The quantitative estimate of drug-likeness (QED) is 0.653. The van der Waals surface area contributed by atoms with Crippen LogP contribution < -0.4 is 16.2 Å². The number of urea groups is 1. The molecule has 1 aromatic heterocycles. The number of hydrogen-bond donors (Lipinski definition) is 2. The molecule has 1 fully saturated rings. The highest BCUT2D eigenvalue weighted by atomic mass is 16.5. The van der Waals surface area contributed by atoms with Crippen LogP contribution in [-0.2, 0) is 16.1 Å². The molecular weight excluding hydrogens is 424 g/mol. The third kappa shape index (κ3) is 5.24. The molecule has 2 N–H and O–H groups in total. The molecule has 0 unspecified atom stereocenters. The van der Waals surface area contributed by atoms with Gasteiger partial charge in [-0.05, 0) is 49.6 Å². The van der Waals surface area contributed by atoms with E-state index in [-0.39, 0.29) is 42.3 Å². The minimum absolute atomic E-state index is 0.0154. The third-order valence-electron chi connectivity index (χ3n) is 6.08. The lowest BCUT2D eigenvalue weighted by Gasteiger charge is -2.42. The minimum Gasteiger partial charge on any atom is -0.462 e. The first-order valence-electron chi connectivity index (χ1n) is 11.2. The summed E-state index contributed by atoms with van der Waals surface area (Å²) in [4.78, 5) is 50.5. The Kier molecular flexibility index (Phi) is 6.76. The third-order valence-corrected chi connectivity index (χ3v) is 6.08. The summed E-state index contributed by atoms with van der Waals surface area (Å²) in [6.07, 6.45) is 1.11. The highest BCUT2D eigenvalue weighted by molar-refractivity contribution is 5.93. The summed E-state index contributed by atoms with van der Waals surface area (Å²) >= 11 is 0. The first kappa shape index (κ1) is 22.6. The fraction of sp³-hybridized carbons (Fsp3) is 0.417. The molecule has 2 aliphatic heterocycles. The maximum absolute atomic E-state index is 12.7. The fourth-order valence-electron chi connectivity index (χ4n) is 4.58. The van der Waals surface area contributed by atoms with E-state index in [4.69, 9.17) is 4.74 Å². The van der Waals surface area contributed by atoms with Crippen molar-refractivity contribution < 1.29 is 19.1 Å². The van der Waals surface area contributed by atoms with Crippen molar-refractivity contribution in [2.45, 2.75) is 32.2 Å². The predicted octanol–water partition coefficient (Wildman–Crippen LogP) is 2.18. The molecule has 0 radical (unpaired) electrons. The Bertz CT molecular complexity index is 1090. The van der Waals surface area contributed by atoms with E-state index in [9.17, 15) is 19.2 Å². The smallest absolute Gasteiger partial charge is 0.338 e. The molecule has 0 aliphatic carbocycles. The Labute approximate surface area is 191 Å². The number of carbonyl (C=O) groups excluding carboxylic acids is 3. The minimum atomic E-state index is -0.407. The molecule has 0 spiro atoms. The van der Waals surface area contributed by atoms with Crippen LogP contribution in [0.15, 0.2) is 47.3 Å². The normalized spacial score (nSPS) is 18.8. The zero-order valence-electron chi connectivity index (χ0n) is 18.6. The van der Waals surface area contributed by atoms with Crippen LogP contribution in [0.2, 0.25) is 0 Å². The second kappa shape index (κ2) is 9.89. The molecular formula is C24H28N4O5. The SMILES string of the molecule is CCOC(=O)c1ccc(NC(=O)CCNC(=O)N2C[C@H]3C[C@@H](C2)c2cccc(=O)n2C3)cc1. The molecule has 9 nitrogen and oxygen atoms in total. The van der Waals surface area contributed by atoms with Crippen molar-refractivity contribution in [3.63, 3.8) is 0 Å². The van der Waals surface area contributed by atoms with Crippen molar-refractivity contribution in [2.24, 2.45) is 5.92 Å². The molecule has 2 aliphatic rings. The lowest BCUT2D eigenvalue weighted by Crippen LogP contribution is -2.52. The highest BCUT2D eigenvalue weighted by Crippen LogP contribution is 2.34. The van der Waals surface area contributed by atoms with E-state index in [1.165, 1.54) is 0 Å². The Morgan fingerprint density at radius 2 is 1.85 bits per heavy atom. The van der Waals surface area contributed by atoms with Crippen molar-refractivity contribution in [2.75, 3.05) is 31.6 Å². The number of amides is 3. The standard InChI is InChI=1S/C24H28N4O5/c1-2-33-23(31)17-6-8-19(9-7-17)26-21(29)10-11-25-24(32)27-13-16-12-18(15-27)20-4-3-5-22(30)28(20)14-16/h3-9,16,18H,2,10-15H2,1H3,(H,25,32)(H,26,29)/t16-,18+/m1/s1. The van der Waals surface area contributed by atoms with Gasteiger partial charge in [-0.2, -0.15) is 0 Å². The van der Waals surface area contributed by atoms with Gasteiger partial charge in [0.25, 0.3) is 5.56 Å². The van der Waals surface area contributed by atoms with Crippen LogP contribution in [0.4, 0.5) is 10.5 Å². The summed E-state index contributed by atoms with van der Waals surface area (Å²) in [5.41, 5.74) is 1.99. The highest BCUT2D eigenvalue weighted by Gasteiger charge is 2.36. The van der Waals surface area contributed by atoms with Crippen LogP contribution in [-0.4, -0.2) is 53.6 Å². The number of ether oxygens (including phenoxy) is 1. The number of piperidine rings is 1. The van der Waals surface area contributed by atoms with E-state index >= 15 is 0 Å². The molecule has 174 valence electrons. The number of aromatic nitrogens is 1. The number of pyridine rings is 1. The number of likely N-dealkylation sites (tertiary alicyclic amines) is 1. The van der Waals surface area contributed by atoms with Crippen molar-refractivity contribution >= 4 is 23.6 Å². The fourth-order valence-corrected chi connectivity index (χ4v) is 4.58.